The SMILES string of the molecule is Cc1cc(C)c(CNC(=O)c2cc(-c3ccc(N4CCN(CCC(=O)O)CC4)nc3)cc(NC(C)C)c2C=N)c(=O)[nH]1. The molecule has 1 saturated heterocycles. The highest BCUT2D eigenvalue weighted by molar-refractivity contribution is 6.06. The van der Waals surface area contributed by atoms with Gasteiger partial charge in [-0.25, -0.2) is 4.98 Å². The summed E-state index contributed by atoms with van der Waals surface area (Å²) in [5, 5.41) is 23.2. The molecule has 222 valence electrons. The third-order valence-corrected chi connectivity index (χ3v) is 7.35. The Balaban J connectivity index is 1.57. The zero-order valence-corrected chi connectivity index (χ0v) is 24.6. The maximum absolute atomic E-state index is 13.5. The number of benzene rings is 1. The average Bonchev–Trinajstić information content (AvgIpc) is 2.95. The van der Waals surface area contributed by atoms with Crippen molar-refractivity contribution in [2.75, 3.05) is 42.9 Å². The number of rotatable bonds is 11. The van der Waals surface area contributed by atoms with Crippen LogP contribution in [0.4, 0.5) is 11.5 Å². The second-order valence-electron chi connectivity index (χ2n) is 10.9. The Kier molecular flexibility index (Phi) is 9.74. The largest absolute Gasteiger partial charge is 0.481 e. The van der Waals surface area contributed by atoms with Gasteiger partial charge in [0.25, 0.3) is 11.5 Å². The molecule has 0 aliphatic carbocycles. The number of carbonyl (C=O) groups is 2. The van der Waals surface area contributed by atoms with Crippen molar-refractivity contribution in [3.8, 4) is 11.1 Å². The van der Waals surface area contributed by atoms with Crippen LogP contribution in [0.5, 0.6) is 0 Å². The topological polar surface area (TPSA) is 155 Å². The van der Waals surface area contributed by atoms with Crippen LogP contribution in [0, 0.1) is 19.3 Å². The van der Waals surface area contributed by atoms with E-state index in [0.29, 0.717) is 28.9 Å². The van der Waals surface area contributed by atoms with Crippen LogP contribution >= 0.6 is 0 Å². The number of aryl methyl sites for hydroxylation is 2. The van der Waals surface area contributed by atoms with E-state index in [-0.39, 0.29) is 30.5 Å². The molecule has 0 atom stereocenters. The number of carboxylic acid groups (broad SMARTS) is 1. The van der Waals surface area contributed by atoms with E-state index in [1.807, 2.05) is 52.0 Å². The molecule has 1 aliphatic heterocycles. The predicted octanol–water partition coefficient (Wildman–Crippen LogP) is 3.40. The highest BCUT2D eigenvalue weighted by Gasteiger charge is 2.20. The molecule has 0 unspecified atom stereocenters. The lowest BCUT2D eigenvalue weighted by atomic mass is 9.97. The third-order valence-electron chi connectivity index (χ3n) is 7.35. The smallest absolute Gasteiger partial charge is 0.304 e. The molecule has 42 heavy (non-hydrogen) atoms. The Bertz CT molecular complexity index is 1510. The van der Waals surface area contributed by atoms with Crippen molar-refractivity contribution < 1.29 is 14.7 Å². The third kappa shape index (κ3) is 7.41. The Morgan fingerprint density at radius 3 is 2.45 bits per heavy atom. The van der Waals surface area contributed by atoms with Crippen molar-refractivity contribution in [1.29, 1.82) is 5.41 Å². The normalized spacial score (nSPS) is 13.7. The second kappa shape index (κ2) is 13.4. The molecule has 11 heteroatoms. The first-order chi connectivity index (χ1) is 20.0. The van der Waals surface area contributed by atoms with E-state index in [9.17, 15) is 14.4 Å². The van der Waals surface area contributed by atoms with Crippen LogP contribution in [0.1, 0.15) is 53.0 Å². The van der Waals surface area contributed by atoms with Gasteiger partial charge in [0.2, 0.25) is 0 Å². The van der Waals surface area contributed by atoms with Crippen LogP contribution in [0.3, 0.4) is 0 Å². The molecule has 0 spiro atoms. The zero-order chi connectivity index (χ0) is 30.4. The number of H-pyrrole nitrogens is 1. The molecule has 5 N–H and O–H groups in total. The van der Waals surface area contributed by atoms with Gasteiger partial charge in [0.05, 0.1) is 12.0 Å². The van der Waals surface area contributed by atoms with E-state index in [1.54, 1.807) is 12.3 Å². The van der Waals surface area contributed by atoms with Crippen LogP contribution in [-0.4, -0.2) is 76.8 Å². The van der Waals surface area contributed by atoms with E-state index >= 15 is 0 Å². The Labute approximate surface area is 245 Å². The van der Waals surface area contributed by atoms with Crippen molar-refractivity contribution in [2.24, 2.45) is 0 Å². The number of hydrogen-bond donors (Lipinski definition) is 5. The van der Waals surface area contributed by atoms with Gasteiger partial charge in [0.1, 0.15) is 5.82 Å². The summed E-state index contributed by atoms with van der Waals surface area (Å²) >= 11 is 0. The lowest BCUT2D eigenvalue weighted by Gasteiger charge is -2.35. The number of aliphatic carboxylic acids is 1. The molecule has 0 radical (unpaired) electrons. The summed E-state index contributed by atoms with van der Waals surface area (Å²) < 4.78 is 0. The van der Waals surface area contributed by atoms with Crippen LogP contribution in [0.25, 0.3) is 11.1 Å². The van der Waals surface area contributed by atoms with Crippen molar-refractivity contribution in [2.45, 2.75) is 46.7 Å². The highest BCUT2D eigenvalue weighted by atomic mass is 16.4. The maximum Gasteiger partial charge on any atom is 0.304 e. The van der Waals surface area contributed by atoms with Gasteiger partial charge in [-0.05, 0) is 69.2 Å². The van der Waals surface area contributed by atoms with Gasteiger partial charge < -0.3 is 31.0 Å². The van der Waals surface area contributed by atoms with Gasteiger partial charge >= 0.3 is 5.97 Å². The Hall–Kier alpha value is -4.51. The molecule has 1 amide bonds. The van der Waals surface area contributed by atoms with E-state index in [4.69, 9.17) is 15.5 Å². The molecule has 1 aromatic carbocycles. The number of hydrogen-bond acceptors (Lipinski definition) is 8. The summed E-state index contributed by atoms with van der Waals surface area (Å²) in [5.41, 5.74) is 4.86. The van der Waals surface area contributed by atoms with Gasteiger partial charge in [-0.2, -0.15) is 0 Å². The number of nitrogens with zero attached hydrogens (tertiary/aromatic N) is 3. The monoisotopic (exact) mass is 573 g/mol. The Morgan fingerprint density at radius 2 is 1.86 bits per heavy atom. The molecule has 3 aromatic rings. The number of pyridine rings is 2. The number of aromatic nitrogens is 2. The summed E-state index contributed by atoms with van der Waals surface area (Å²) in [6.45, 7) is 11.3. The first-order valence-electron chi connectivity index (χ1n) is 14.1. The molecule has 4 rings (SSSR count). The predicted molar refractivity (Wildman–Crippen MR) is 165 cm³/mol. The van der Waals surface area contributed by atoms with Crippen molar-refractivity contribution >= 4 is 29.6 Å². The van der Waals surface area contributed by atoms with Gasteiger partial charge in [-0.3, -0.25) is 19.3 Å². The van der Waals surface area contributed by atoms with Gasteiger partial charge in [0.15, 0.2) is 0 Å². The molecule has 1 fully saturated rings. The lowest BCUT2D eigenvalue weighted by Crippen LogP contribution is -2.47. The van der Waals surface area contributed by atoms with Crippen LogP contribution in [0.2, 0.25) is 0 Å². The highest BCUT2D eigenvalue weighted by Crippen LogP contribution is 2.30. The fourth-order valence-electron chi connectivity index (χ4n) is 5.16. The summed E-state index contributed by atoms with van der Waals surface area (Å²) in [4.78, 5) is 48.6. The van der Waals surface area contributed by atoms with E-state index < -0.39 is 5.97 Å². The summed E-state index contributed by atoms with van der Waals surface area (Å²) in [7, 11) is 0. The van der Waals surface area contributed by atoms with E-state index in [0.717, 1.165) is 54.4 Å². The van der Waals surface area contributed by atoms with Crippen LogP contribution < -0.4 is 21.1 Å². The van der Waals surface area contributed by atoms with E-state index in [1.165, 1.54) is 6.21 Å². The van der Waals surface area contributed by atoms with E-state index in [2.05, 4.69) is 25.4 Å². The van der Waals surface area contributed by atoms with Crippen molar-refractivity contribution in [3.05, 3.63) is 74.8 Å². The fourth-order valence-corrected chi connectivity index (χ4v) is 5.16. The van der Waals surface area contributed by atoms with Crippen molar-refractivity contribution in [1.82, 2.24) is 20.2 Å². The average molecular weight is 574 g/mol. The minimum absolute atomic E-state index is 0.0642. The van der Waals surface area contributed by atoms with Crippen LogP contribution in [0.15, 0.2) is 41.3 Å². The zero-order valence-electron chi connectivity index (χ0n) is 24.6. The summed E-state index contributed by atoms with van der Waals surface area (Å²) in [6, 6.07) is 9.53. The summed E-state index contributed by atoms with van der Waals surface area (Å²) in [6.07, 6.45) is 3.09. The maximum atomic E-state index is 13.5. The fraction of sp³-hybridized carbons (Fsp3) is 0.387. The molecule has 0 bridgehead atoms. The molecular formula is C31H39N7O4. The first-order valence-corrected chi connectivity index (χ1v) is 14.1. The number of piperazine rings is 1. The second-order valence-corrected chi connectivity index (χ2v) is 10.9. The number of aromatic amines is 1. The Morgan fingerprint density at radius 1 is 1.12 bits per heavy atom. The number of nitrogens with one attached hydrogen (secondary N) is 4. The molecule has 2 aromatic heterocycles. The van der Waals surface area contributed by atoms with Gasteiger partial charge in [-0.15, -0.1) is 0 Å². The lowest BCUT2D eigenvalue weighted by molar-refractivity contribution is -0.137. The van der Waals surface area contributed by atoms with Gasteiger partial charge in [0, 0.05) is 85.8 Å². The summed E-state index contributed by atoms with van der Waals surface area (Å²) in [5.74, 6) is -0.329. The molecule has 11 nitrogen and oxygen atoms in total. The minimum atomic E-state index is -0.785. The molecular weight excluding hydrogens is 534 g/mol. The van der Waals surface area contributed by atoms with Crippen molar-refractivity contribution in [3.63, 3.8) is 0 Å². The quantitative estimate of drug-likeness (QED) is 0.219. The standard InChI is InChI=1S/C31H39N7O4/c1-19(2)35-27-15-23(22-5-6-28(33-17-22)38-11-9-37(10-12-38)8-7-29(39)40)14-24(25(27)16-32)30(41)34-18-26-20(3)13-21(4)36-31(26)42/h5-6,13-17,19,32,35H,7-12,18H2,1-4H3,(H,34,41)(H,36,42)(H,39,40). The molecule has 3 heterocycles. The minimum Gasteiger partial charge on any atom is -0.481 e. The van der Waals surface area contributed by atoms with Gasteiger partial charge in [-0.1, -0.05) is 0 Å². The first kappa shape index (κ1) is 30.4. The molecule has 0 saturated carbocycles. The molecule has 1 aliphatic rings. The number of anilines is 2. The number of carboxylic acids is 1. The number of carbonyl (C=O) groups excluding carboxylic acids is 1. The number of amides is 1. The van der Waals surface area contributed by atoms with Crippen LogP contribution in [-0.2, 0) is 11.3 Å².